The molecular formula is C17H17N5OS. The van der Waals surface area contributed by atoms with Gasteiger partial charge in [0.15, 0.2) is 0 Å². The molecule has 0 aromatic carbocycles. The van der Waals surface area contributed by atoms with Crippen molar-refractivity contribution in [3.63, 3.8) is 0 Å². The van der Waals surface area contributed by atoms with Gasteiger partial charge in [-0.1, -0.05) is 0 Å². The lowest BCUT2D eigenvalue weighted by atomic mass is 9.89. The third-order valence-corrected chi connectivity index (χ3v) is 6.15. The van der Waals surface area contributed by atoms with Crippen molar-refractivity contribution in [1.29, 1.82) is 5.26 Å². The minimum Gasteiger partial charge on any atom is -0.346 e. The lowest BCUT2D eigenvalue weighted by Crippen LogP contribution is -2.40. The first-order valence-corrected chi connectivity index (χ1v) is 9.40. The molecule has 3 aromatic heterocycles. The summed E-state index contributed by atoms with van der Waals surface area (Å²) in [5.74, 6) is 1.27. The van der Waals surface area contributed by atoms with E-state index in [1.54, 1.807) is 6.20 Å². The first-order valence-electron chi connectivity index (χ1n) is 7.91. The number of hydrogen-bond acceptors (Lipinski definition) is 4. The monoisotopic (exact) mass is 339 g/mol. The summed E-state index contributed by atoms with van der Waals surface area (Å²) in [5, 5.41) is 14.9. The zero-order chi connectivity index (χ0) is 16.6. The van der Waals surface area contributed by atoms with Crippen molar-refractivity contribution in [3.8, 4) is 17.2 Å². The average molecular weight is 339 g/mol. The molecule has 7 heteroatoms. The van der Waals surface area contributed by atoms with E-state index >= 15 is 0 Å². The second kappa shape index (κ2) is 5.87. The topological polar surface area (TPSA) is 87.4 Å². The molecule has 1 fully saturated rings. The van der Waals surface area contributed by atoms with Crippen LogP contribution in [0.4, 0.5) is 0 Å². The highest BCUT2D eigenvalue weighted by molar-refractivity contribution is 7.85. The Labute approximate surface area is 142 Å². The number of nitriles is 1. The molecule has 1 saturated heterocycles. The highest BCUT2D eigenvalue weighted by Crippen LogP contribution is 2.35. The molecule has 6 nitrogen and oxygen atoms in total. The summed E-state index contributed by atoms with van der Waals surface area (Å²) in [6, 6.07) is 6.23. The number of aromatic nitrogens is 4. The minimum atomic E-state index is -0.769. The van der Waals surface area contributed by atoms with E-state index < -0.39 is 10.8 Å². The Morgan fingerprint density at radius 2 is 2.25 bits per heavy atom. The fourth-order valence-electron chi connectivity index (χ4n) is 3.38. The Kier molecular flexibility index (Phi) is 3.69. The summed E-state index contributed by atoms with van der Waals surface area (Å²) < 4.78 is 13.6. The average Bonchev–Trinajstić information content (AvgIpc) is 3.24. The maximum Gasteiger partial charge on any atom is 0.137 e. The minimum absolute atomic E-state index is 0.342. The van der Waals surface area contributed by atoms with Gasteiger partial charge in [-0.05, 0) is 25.0 Å². The summed E-state index contributed by atoms with van der Waals surface area (Å²) in [5.41, 5.74) is 2.56. The fraction of sp³-hybridized carbons (Fsp3) is 0.353. The molecule has 24 heavy (non-hydrogen) atoms. The predicted molar refractivity (Wildman–Crippen MR) is 92.6 cm³/mol. The lowest BCUT2D eigenvalue weighted by molar-refractivity contribution is 0.237. The highest BCUT2D eigenvalue weighted by atomic mass is 32.2. The standard InChI is InChI=1S/C17H17N5OS/c18-6-3-17(4-8-24(23)9-5-17)22-12-13(10-21-22)15-11-20-16-14(15)2-1-7-19-16/h1-2,7,10-12H,3-5,8-9H2,(H,19,20). The summed E-state index contributed by atoms with van der Waals surface area (Å²) >= 11 is 0. The van der Waals surface area contributed by atoms with Gasteiger partial charge < -0.3 is 4.98 Å². The van der Waals surface area contributed by atoms with Crippen molar-refractivity contribution in [2.75, 3.05) is 11.5 Å². The predicted octanol–water partition coefficient (Wildman–Crippen LogP) is 2.58. The molecule has 0 saturated carbocycles. The van der Waals surface area contributed by atoms with Crippen molar-refractivity contribution < 1.29 is 4.21 Å². The summed E-state index contributed by atoms with van der Waals surface area (Å²) in [6.45, 7) is 0. The van der Waals surface area contributed by atoms with E-state index in [1.807, 2.05) is 35.4 Å². The van der Waals surface area contributed by atoms with Gasteiger partial charge in [-0.25, -0.2) is 4.98 Å². The van der Waals surface area contributed by atoms with Crippen LogP contribution in [0.25, 0.3) is 22.2 Å². The normalized spacial score (nSPS) is 24.0. The van der Waals surface area contributed by atoms with E-state index in [0.29, 0.717) is 17.9 Å². The van der Waals surface area contributed by atoms with Crippen LogP contribution in [0.5, 0.6) is 0 Å². The molecule has 0 atom stereocenters. The zero-order valence-corrected chi connectivity index (χ0v) is 13.9. The van der Waals surface area contributed by atoms with Gasteiger partial charge in [0.2, 0.25) is 0 Å². The largest absolute Gasteiger partial charge is 0.346 e. The van der Waals surface area contributed by atoms with E-state index in [-0.39, 0.29) is 5.54 Å². The van der Waals surface area contributed by atoms with E-state index in [9.17, 15) is 9.47 Å². The van der Waals surface area contributed by atoms with Crippen molar-refractivity contribution >= 4 is 21.8 Å². The van der Waals surface area contributed by atoms with Gasteiger partial charge in [-0.3, -0.25) is 8.89 Å². The van der Waals surface area contributed by atoms with Crippen LogP contribution in [-0.4, -0.2) is 35.5 Å². The van der Waals surface area contributed by atoms with Gasteiger partial charge in [0.25, 0.3) is 0 Å². The SMILES string of the molecule is N#CCC1(n2cc(-c3c[nH]c4ncccc34)cn2)CCS(=O)CC1. The molecule has 1 N–H and O–H groups in total. The number of rotatable bonds is 3. The van der Waals surface area contributed by atoms with Gasteiger partial charge in [-0.2, -0.15) is 10.4 Å². The van der Waals surface area contributed by atoms with Gasteiger partial charge in [0.05, 0.1) is 24.2 Å². The van der Waals surface area contributed by atoms with E-state index in [2.05, 4.69) is 21.1 Å². The van der Waals surface area contributed by atoms with Gasteiger partial charge >= 0.3 is 0 Å². The Morgan fingerprint density at radius 3 is 3.04 bits per heavy atom. The molecule has 0 bridgehead atoms. The van der Waals surface area contributed by atoms with Gasteiger partial charge in [0.1, 0.15) is 5.65 Å². The first-order chi connectivity index (χ1) is 11.7. The molecule has 0 radical (unpaired) electrons. The highest BCUT2D eigenvalue weighted by Gasteiger charge is 2.37. The maximum absolute atomic E-state index is 11.7. The molecule has 1 aliphatic rings. The van der Waals surface area contributed by atoms with Crippen LogP contribution in [0, 0.1) is 11.3 Å². The summed E-state index contributed by atoms with van der Waals surface area (Å²) in [6.07, 6.45) is 9.37. The van der Waals surface area contributed by atoms with Gasteiger partial charge in [-0.15, -0.1) is 0 Å². The van der Waals surface area contributed by atoms with Crippen LogP contribution in [-0.2, 0) is 16.3 Å². The maximum atomic E-state index is 11.7. The summed E-state index contributed by atoms with van der Waals surface area (Å²) in [4.78, 5) is 7.49. The van der Waals surface area contributed by atoms with Crippen LogP contribution in [0.3, 0.4) is 0 Å². The molecule has 122 valence electrons. The fourth-order valence-corrected chi connectivity index (χ4v) is 4.80. The Bertz CT molecular complexity index is 941. The van der Waals surface area contributed by atoms with Crippen molar-refractivity contribution in [3.05, 3.63) is 36.9 Å². The number of nitrogens with one attached hydrogen (secondary N) is 1. The third kappa shape index (κ3) is 2.43. The summed E-state index contributed by atoms with van der Waals surface area (Å²) in [7, 11) is -0.769. The zero-order valence-electron chi connectivity index (χ0n) is 13.1. The molecule has 4 rings (SSSR count). The number of pyridine rings is 1. The third-order valence-electron chi connectivity index (χ3n) is 4.83. The molecule has 0 aliphatic carbocycles. The second-order valence-corrected chi connectivity index (χ2v) is 7.88. The Hall–Kier alpha value is -2.46. The molecule has 1 aliphatic heterocycles. The number of hydrogen-bond donors (Lipinski definition) is 1. The molecular weight excluding hydrogens is 322 g/mol. The van der Waals surface area contributed by atoms with Crippen LogP contribution >= 0.6 is 0 Å². The smallest absolute Gasteiger partial charge is 0.137 e. The van der Waals surface area contributed by atoms with E-state index in [1.165, 1.54) is 0 Å². The molecule has 0 unspecified atom stereocenters. The number of aromatic amines is 1. The number of fused-ring (bicyclic) bond motifs is 1. The van der Waals surface area contributed by atoms with Crippen molar-refractivity contribution in [1.82, 2.24) is 19.7 Å². The van der Waals surface area contributed by atoms with Crippen LogP contribution < -0.4 is 0 Å². The van der Waals surface area contributed by atoms with Crippen molar-refractivity contribution in [2.24, 2.45) is 0 Å². The van der Waals surface area contributed by atoms with E-state index in [4.69, 9.17) is 0 Å². The molecule has 0 spiro atoms. The van der Waals surface area contributed by atoms with Crippen LogP contribution in [0.15, 0.2) is 36.9 Å². The van der Waals surface area contributed by atoms with Crippen LogP contribution in [0.1, 0.15) is 19.3 Å². The quantitative estimate of drug-likeness (QED) is 0.794. The Morgan fingerprint density at radius 1 is 1.42 bits per heavy atom. The molecule has 4 heterocycles. The van der Waals surface area contributed by atoms with Crippen LogP contribution in [0.2, 0.25) is 0 Å². The molecule has 0 amide bonds. The molecule has 3 aromatic rings. The lowest BCUT2D eigenvalue weighted by Gasteiger charge is -2.35. The van der Waals surface area contributed by atoms with Crippen molar-refractivity contribution in [2.45, 2.75) is 24.8 Å². The number of H-pyrrole nitrogens is 1. The number of nitrogens with zero attached hydrogens (tertiary/aromatic N) is 4. The van der Waals surface area contributed by atoms with Gasteiger partial charge in [0, 0.05) is 57.4 Å². The second-order valence-electron chi connectivity index (χ2n) is 6.18. The Balaban J connectivity index is 1.73. The first kappa shape index (κ1) is 15.1. The van der Waals surface area contributed by atoms with E-state index in [0.717, 1.165) is 35.0 Å².